The van der Waals surface area contributed by atoms with E-state index in [2.05, 4.69) is 62.2 Å². The molecule has 0 aliphatic carbocycles. The van der Waals surface area contributed by atoms with Crippen LogP contribution in [-0.2, 0) is 13.1 Å². The van der Waals surface area contributed by atoms with Crippen molar-refractivity contribution in [2.24, 2.45) is 0 Å². The molecule has 0 unspecified atom stereocenters. The average Bonchev–Trinajstić information content (AvgIpc) is 2.80. The monoisotopic (exact) mass is 441 g/mol. The zero-order valence-electron chi connectivity index (χ0n) is 18.2. The van der Waals surface area contributed by atoms with Crippen LogP contribution in [0.1, 0.15) is 37.8 Å². The Kier molecular flexibility index (Phi) is 10.4. The molecule has 31 heavy (non-hydrogen) atoms. The number of hydrogen-bond donors (Lipinski definition) is 4. The number of nitrogens with one attached hydrogen (secondary N) is 4. The minimum atomic E-state index is 0. The van der Waals surface area contributed by atoms with Crippen molar-refractivity contribution in [3.63, 3.8) is 0 Å². The van der Waals surface area contributed by atoms with Crippen molar-refractivity contribution < 1.29 is 0 Å². The Morgan fingerprint density at radius 1 is 0.581 bits per heavy atom. The lowest BCUT2D eigenvalue weighted by Gasteiger charge is -2.09. The first-order chi connectivity index (χ1) is 14.8. The standard InChI is InChI=1S/C23H31N7.ClH/c1-3-11-24-20-7-10-23(30-17-20)29-16-19-6-9-22(28-15-19)27-14-18-5-8-21(26-13-18)25-12-4-2;/h5-10,13,15,17,24H,3-4,11-12,14,16H2,1-2H3,(H,25,26)(H,27,28)(H,29,30);1H. The summed E-state index contributed by atoms with van der Waals surface area (Å²) in [6, 6.07) is 12.2. The van der Waals surface area contributed by atoms with Crippen LogP contribution in [0.5, 0.6) is 0 Å². The summed E-state index contributed by atoms with van der Waals surface area (Å²) in [6.45, 7) is 7.55. The Bertz CT molecular complexity index is 793. The van der Waals surface area contributed by atoms with E-state index in [0.717, 1.165) is 60.2 Å². The Hall–Kier alpha value is -3.06. The largest absolute Gasteiger partial charge is 0.384 e. The van der Waals surface area contributed by atoms with Crippen molar-refractivity contribution >= 4 is 35.5 Å². The van der Waals surface area contributed by atoms with Crippen LogP contribution in [0, 0.1) is 0 Å². The third-order valence-electron chi connectivity index (χ3n) is 4.50. The molecule has 7 nitrogen and oxygen atoms in total. The van der Waals surface area contributed by atoms with E-state index in [-0.39, 0.29) is 12.4 Å². The molecular formula is C23H32ClN7. The summed E-state index contributed by atoms with van der Waals surface area (Å²) in [5, 5.41) is 13.3. The van der Waals surface area contributed by atoms with E-state index < -0.39 is 0 Å². The Morgan fingerprint density at radius 3 is 1.52 bits per heavy atom. The SMILES string of the molecule is CCCNc1ccc(NCc2ccc(NCc3ccc(NCCC)nc3)nc2)nc1.Cl. The molecule has 0 aliphatic rings. The quantitative estimate of drug-likeness (QED) is 0.308. The fraction of sp³-hybridized carbons (Fsp3) is 0.348. The molecule has 0 spiro atoms. The number of halogens is 1. The van der Waals surface area contributed by atoms with E-state index in [0.29, 0.717) is 13.1 Å². The molecule has 0 radical (unpaired) electrons. The molecule has 3 heterocycles. The molecule has 3 aromatic rings. The van der Waals surface area contributed by atoms with Crippen LogP contribution < -0.4 is 21.3 Å². The van der Waals surface area contributed by atoms with Crippen LogP contribution in [0.3, 0.4) is 0 Å². The molecule has 166 valence electrons. The molecule has 0 aliphatic heterocycles. The lowest BCUT2D eigenvalue weighted by molar-refractivity contribution is 0.966. The Morgan fingerprint density at radius 2 is 1.06 bits per heavy atom. The number of nitrogens with zero attached hydrogens (tertiary/aromatic N) is 3. The van der Waals surface area contributed by atoms with Crippen molar-refractivity contribution in [2.75, 3.05) is 34.4 Å². The number of pyridine rings is 3. The zero-order chi connectivity index (χ0) is 21.0. The fourth-order valence-electron chi connectivity index (χ4n) is 2.78. The van der Waals surface area contributed by atoms with Gasteiger partial charge in [0.25, 0.3) is 0 Å². The van der Waals surface area contributed by atoms with Crippen molar-refractivity contribution in [3.05, 3.63) is 66.1 Å². The lowest BCUT2D eigenvalue weighted by atomic mass is 10.2. The van der Waals surface area contributed by atoms with Crippen molar-refractivity contribution in [1.29, 1.82) is 0 Å². The Labute approximate surface area is 190 Å². The van der Waals surface area contributed by atoms with Gasteiger partial charge >= 0.3 is 0 Å². The van der Waals surface area contributed by atoms with Crippen LogP contribution in [0.2, 0.25) is 0 Å². The zero-order valence-corrected chi connectivity index (χ0v) is 19.0. The highest BCUT2D eigenvalue weighted by Gasteiger charge is 2.00. The van der Waals surface area contributed by atoms with Crippen molar-refractivity contribution in [3.8, 4) is 0 Å². The van der Waals surface area contributed by atoms with Crippen LogP contribution in [0.15, 0.2) is 55.0 Å². The van der Waals surface area contributed by atoms with Gasteiger partial charge in [0.05, 0.1) is 11.9 Å². The van der Waals surface area contributed by atoms with E-state index in [1.54, 1.807) is 0 Å². The predicted molar refractivity (Wildman–Crippen MR) is 132 cm³/mol. The second-order valence-electron chi connectivity index (χ2n) is 7.10. The average molecular weight is 442 g/mol. The highest BCUT2D eigenvalue weighted by molar-refractivity contribution is 5.85. The summed E-state index contributed by atoms with van der Waals surface area (Å²) < 4.78 is 0. The maximum Gasteiger partial charge on any atom is 0.126 e. The van der Waals surface area contributed by atoms with Crippen LogP contribution in [0.4, 0.5) is 23.1 Å². The molecule has 0 saturated heterocycles. The van der Waals surface area contributed by atoms with Gasteiger partial charge in [0.15, 0.2) is 0 Å². The molecule has 0 bridgehead atoms. The first-order valence-electron chi connectivity index (χ1n) is 10.6. The molecular weight excluding hydrogens is 410 g/mol. The Balaban J connectivity index is 0.00000341. The highest BCUT2D eigenvalue weighted by Crippen LogP contribution is 2.13. The number of aromatic nitrogens is 3. The maximum atomic E-state index is 4.50. The summed E-state index contributed by atoms with van der Waals surface area (Å²) in [5.41, 5.74) is 3.26. The van der Waals surface area contributed by atoms with E-state index >= 15 is 0 Å². The van der Waals surface area contributed by atoms with Crippen LogP contribution in [-0.4, -0.2) is 28.0 Å². The van der Waals surface area contributed by atoms with Crippen LogP contribution >= 0.6 is 12.4 Å². The van der Waals surface area contributed by atoms with Gasteiger partial charge in [-0.2, -0.15) is 0 Å². The number of rotatable bonds is 12. The molecule has 0 amide bonds. The van der Waals surface area contributed by atoms with Gasteiger partial charge in [0, 0.05) is 38.6 Å². The van der Waals surface area contributed by atoms with E-state index in [1.807, 2.05) is 42.9 Å². The van der Waals surface area contributed by atoms with Gasteiger partial charge in [0.1, 0.15) is 17.5 Å². The van der Waals surface area contributed by atoms with Crippen LogP contribution in [0.25, 0.3) is 0 Å². The minimum Gasteiger partial charge on any atom is -0.384 e. The van der Waals surface area contributed by atoms with E-state index in [9.17, 15) is 0 Å². The third kappa shape index (κ3) is 8.30. The van der Waals surface area contributed by atoms with E-state index in [4.69, 9.17) is 0 Å². The van der Waals surface area contributed by atoms with Crippen molar-refractivity contribution in [1.82, 2.24) is 15.0 Å². The normalized spacial score (nSPS) is 10.1. The highest BCUT2D eigenvalue weighted by atomic mass is 35.5. The van der Waals surface area contributed by atoms with Gasteiger partial charge in [-0.05, 0) is 48.2 Å². The molecule has 3 rings (SSSR count). The molecule has 0 fully saturated rings. The van der Waals surface area contributed by atoms with Gasteiger partial charge < -0.3 is 21.3 Å². The second-order valence-corrected chi connectivity index (χ2v) is 7.10. The topological polar surface area (TPSA) is 86.8 Å². The molecule has 0 saturated carbocycles. The molecule has 0 aromatic carbocycles. The third-order valence-corrected chi connectivity index (χ3v) is 4.50. The number of hydrogen-bond acceptors (Lipinski definition) is 7. The first-order valence-corrected chi connectivity index (χ1v) is 10.6. The smallest absolute Gasteiger partial charge is 0.126 e. The van der Waals surface area contributed by atoms with Gasteiger partial charge in [-0.15, -0.1) is 12.4 Å². The van der Waals surface area contributed by atoms with Gasteiger partial charge in [-0.3, -0.25) is 0 Å². The summed E-state index contributed by atoms with van der Waals surface area (Å²) in [6.07, 6.45) is 7.80. The van der Waals surface area contributed by atoms with E-state index in [1.165, 1.54) is 0 Å². The molecule has 8 heteroatoms. The van der Waals surface area contributed by atoms with Gasteiger partial charge in [0.2, 0.25) is 0 Å². The van der Waals surface area contributed by atoms with Gasteiger partial charge in [-0.1, -0.05) is 26.0 Å². The maximum absolute atomic E-state index is 4.50. The first kappa shape index (κ1) is 24.2. The minimum absolute atomic E-state index is 0. The molecule has 3 aromatic heterocycles. The fourth-order valence-corrected chi connectivity index (χ4v) is 2.78. The predicted octanol–water partition coefficient (Wildman–Crippen LogP) is 5.16. The van der Waals surface area contributed by atoms with Crippen molar-refractivity contribution in [2.45, 2.75) is 39.8 Å². The summed E-state index contributed by atoms with van der Waals surface area (Å²) in [4.78, 5) is 13.4. The summed E-state index contributed by atoms with van der Waals surface area (Å²) in [7, 11) is 0. The summed E-state index contributed by atoms with van der Waals surface area (Å²) in [5.74, 6) is 2.61. The number of anilines is 4. The van der Waals surface area contributed by atoms with Gasteiger partial charge in [-0.25, -0.2) is 15.0 Å². The lowest BCUT2D eigenvalue weighted by Crippen LogP contribution is -2.05. The molecule has 0 atom stereocenters. The summed E-state index contributed by atoms with van der Waals surface area (Å²) >= 11 is 0. The second kappa shape index (κ2) is 13.3. The molecule has 4 N–H and O–H groups in total.